The van der Waals surface area contributed by atoms with E-state index >= 15 is 0 Å². The van der Waals surface area contributed by atoms with Crippen LogP contribution in [0, 0.1) is 0 Å². The number of fused-ring (bicyclic) bond motifs is 1. The maximum atomic E-state index is 13.0. The van der Waals surface area contributed by atoms with Crippen LogP contribution in [0.1, 0.15) is 21.9 Å². The van der Waals surface area contributed by atoms with Gasteiger partial charge in [0.25, 0.3) is 5.91 Å². The summed E-state index contributed by atoms with van der Waals surface area (Å²) in [6, 6.07) is 7.56. The minimum Gasteiger partial charge on any atom is -0.343 e. The monoisotopic (exact) mass is 392 g/mol. The molecule has 4 aromatic heterocycles. The highest BCUT2D eigenvalue weighted by Crippen LogP contribution is 2.31. The van der Waals surface area contributed by atoms with Crippen LogP contribution in [0.4, 0.5) is 13.2 Å². The summed E-state index contributed by atoms with van der Waals surface area (Å²) < 4.78 is 40.3. The Morgan fingerprint density at radius 1 is 1.26 bits per heavy atom. The first kappa shape index (κ1) is 17.2. The van der Waals surface area contributed by atoms with Crippen molar-refractivity contribution in [3.63, 3.8) is 0 Å². The first-order chi connectivity index (χ1) is 12.9. The third kappa shape index (κ3) is 3.28. The third-order valence-electron chi connectivity index (χ3n) is 3.81. The first-order valence-corrected chi connectivity index (χ1v) is 8.59. The van der Waals surface area contributed by atoms with E-state index in [1.54, 1.807) is 6.07 Å². The zero-order chi connectivity index (χ0) is 19.0. The molecular formula is C16H11F3N6OS. The number of thiophene rings is 1. The molecule has 0 saturated heterocycles. The van der Waals surface area contributed by atoms with Gasteiger partial charge in [-0.15, -0.1) is 21.5 Å². The Morgan fingerprint density at radius 2 is 2.11 bits per heavy atom. The number of nitrogens with one attached hydrogen (secondary N) is 2. The molecule has 0 atom stereocenters. The number of halogens is 3. The van der Waals surface area contributed by atoms with E-state index in [0.29, 0.717) is 5.69 Å². The Morgan fingerprint density at radius 3 is 2.85 bits per heavy atom. The van der Waals surface area contributed by atoms with Crippen molar-refractivity contribution >= 4 is 22.9 Å². The lowest BCUT2D eigenvalue weighted by Crippen LogP contribution is -2.24. The maximum Gasteiger partial charge on any atom is 0.420 e. The number of rotatable bonds is 4. The van der Waals surface area contributed by atoms with Crippen molar-refractivity contribution in [2.24, 2.45) is 0 Å². The predicted octanol–water partition coefficient (Wildman–Crippen LogP) is 3.13. The lowest BCUT2D eigenvalue weighted by atomic mass is 10.2. The van der Waals surface area contributed by atoms with Crippen LogP contribution in [0.25, 0.3) is 16.2 Å². The van der Waals surface area contributed by atoms with Crippen LogP contribution in [0.3, 0.4) is 0 Å². The van der Waals surface area contributed by atoms with Crippen LogP contribution in [0.15, 0.2) is 41.9 Å². The summed E-state index contributed by atoms with van der Waals surface area (Å²) >= 11 is 1.50. The van der Waals surface area contributed by atoms with Crippen molar-refractivity contribution in [3.05, 3.63) is 59.0 Å². The Labute approximate surface area is 153 Å². The molecule has 0 radical (unpaired) electrons. The van der Waals surface area contributed by atoms with Gasteiger partial charge >= 0.3 is 6.18 Å². The summed E-state index contributed by atoms with van der Waals surface area (Å²) in [4.78, 5) is 13.2. The number of alkyl halides is 3. The molecule has 0 fully saturated rings. The number of pyridine rings is 1. The minimum atomic E-state index is -4.54. The van der Waals surface area contributed by atoms with E-state index < -0.39 is 17.6 Å². The fourth-order valence-corrected chi connectivity index (χ4v) is 3.24. The SMILES string of the molecule is O=C(NCc1nnc2c(C(F)(F)F)cccn12)c1cc(-c2cccs2)[nH]n1. The molecule has 138 valence electrons. The van der Waals surface area contributed by atoms with E-state index in [2.05, 4.69) is 25.7 Å². The smallest absolute Gasteiger partial charge is 0.343 e. The van der Waals surface area contributed by atoms with Crippen LogP contribution in [0.5, 0.6) is 0 Å². The lowest BCUT2D eigenvalue weighted by Gasteiger charge is -2.07. The molecule has 27 heavy (non-hydrogen) atoms. The fourth-order valence-electron chi connectivity index (χ4n) is 2.55. The van der Waals surface area contributed by atoms with Gasteiger partial charge in [0.15, 0.2) is 17.2 Å². The molecule has 7 nitrogen and oxygen atoms in total. The quantitative estimate of drug-likeness (QED) is 0.559. The molecule has 0 aliphatic heterocycles. The average molecular weight is 392 g/mol. The highest BCUT2D eigenvalue weighted by atomic mass is 32.1. The minimum absolute atomic E-state index is 0.0947. The lowest BCUT2D eigenvalue weighted by molar-refractivity contribution is -0.136. The highest BCUT2D eigenvalue weighted by Gasteiger charge is 2.34. The summed E-state index contributed by atoms with van der Waals surface area (Å²) in [6.45, 7) is -0.0947. The standard InChI is InChI=1S/C16H11F3N6OS/c17-16(18,19)9-3-1-5-25-13(23-24-14(9)25)8-20-15(26)11-7-10(21-22-11)12-4-2-6-27-12/h1-7H,8H2,(H,20,26)(H,21,22). The summed E-state index contributed by atoms with van der Waals surface area (Å²) in [6.07, 6.45) is -3.13. The first-order valence-electron chi connectivity index (χ1n) is 7.71. The molecule has 0 bridgehead atoms. The Bertz CT molecular complexity index is 1100. The van der Waals surface area contributed by atoms with Crippen molar-refractivity contribution in [2.75, 3.05) is 0 Å². The number of H-pyrrole nitrogens is 1. The highest BCUT2D eigenvalue weighted by molar-refractivity contribution is 7.13. The summed E-state index contributed by atoms with van der Waals surface area (Å²) in [5.74, 6) is -0.295. The van der Waals surface area contributed by atoms with Gasteiger partial charge in [-0.2, -0.15) is 18.3 Å². The zero-order valence-electron chi connectivity index (χ0n) is 13.5. The predicted molar refractivity (Wildman–Crippen MR) is 91.1 cm³/mol. The summed E-state index contributed by atoms with van der Waals surface area (Å²) in [7, 11) is 0. The molecule has 2 N–H and O–H groups in total. The molecular weight excluding hydrogens is 381 g/mol. The van der Waals surface area contributed by atoms with Crippen molar-refractivity contribution in [1.29, 1.82) is 0 Å². The molecule has 0 saturated carbocycles. The van der Waals surface area contributed by atoms with Crippen LogP contribution >= 0.6 is 11.3 Å². The normalized spacial score (nSPS) is 11.8. The van der Waals surface area contributed by atoms with E-state index in [-0.39, 0.29) is 23.7 Å². The van der Waals surface area contributed by atoms with E-state index in [9.17, 15) is 18.0 Å². The second kappa shape index (κ2) is 6.50. The number of carbonyl (C=O) groups excluding carboxylic acids is 1. The topological polar surface area (TPSA) is 88.0 Å². The van der Waals surface area contributed by atoms with Gasteiger partial charge in [0.2, 0.25) is 0 Å². The van der Waals surface area contributed by atoms with Gasteiger partial charge < -0.3 is 5.32 Å². The van der Waals surface area contributed by atoms with E-state index in [1.165, 1.54) is 28.0 Å². The average Bonchev–Trinajstić information content (AvgIpc) is 3.37. The molecule has 11 heteroatoms. The molecule has 0 aromatic carbocycles. The van der Waals surface area contributed by atoms with Gasteiger partial charge in [0.1, 0.15) is 5.56 Å². The van der Waals surface area contributed by atoms with Crippen molar-refractivity contribution in [1.82, 2.24) is 30.1 Å². The van der Waals surface area contributed by atoms with Gasteiger partial charge in [0, 0.05) is 6.20 Å². The van der Waals surface area contributed by atoms with Crippen molar-refractivity contribution in [3.8, 4) is 10.6 Å². The van der Waals surface area contributed by atoms with Crippen LogP contribution in [-0.2, 0) is 12.7 Å². The number of aromatic nitrogens is 5. The van der Waals surface area contributed by atoms with Gasteiger partial charge in [-0.25, -0.2) is 0 Å². The number of hydrogen-bond acceptors (Lipinski definition) is 5. The summed E-state index contributed by atoms with van der Waals surface area (Å²) in [5, 5.41) is 18.6. The molecule has 4 rings (SSSR count). The molecule has 0 aliphatic carbocycles. The van der Waals surface area contributed by atoms with E-state index in [0.717, 1.165) is 10.9 Å². The van der Waals surface area contributed by atoms with Gasteiger partial charge in [-0.05, 0) is 29.6 Å². The van der Waals surface area contributed by atoms with Crippen molar-refractivity contribution in [2.45, 2.75) is 12.7 Å². The van der Waals surface area contributed by atoms with E-state index in [4.69, 9.17) is 0 Å². The second-order valence-corrected chi connectivity index (χ2v) is 6.50. The largest absolute Gasteiger partial charge is 0.420 e. The fraction of sp³-hybridized carbons (Fsp3) is 0.125. The molecule has 1 amide bonds. The zero-order valence-corrected chi connectivity index (χ0v) is 14.3. The van der Waals surface area contributed by atoms with E-state index in [1.807, 2.05) is 17.5 Å². The molecule has 4 aromatic rings. The van der Waals surface area contributed by atoms with Gasteiger partial charge in [-0.3, -0.25) is 14.3 Å². The number of carbonyl (C=O) groups is 1. The Hall–Kier alpha value is -3.21. The second-order valence-electron chi connectivity index (χ2n) is 5.56. The van der Waals surface area contributed by atoms with Crippen LogP contribution in [-0.4, -0.2) is 30.7 Å². The van der Waals surface area contributed by atoms with Crippen LogP contribution < -0.4 is 5.32 Å². The Balaban J connectivity index is 1.51. The third-order valence-corrected chi connectivity index (χ3v) is 4.72. The maximum absolute atomic E-state index is 13.0. The number of hydrogen-bond donors (Lipinski definition) is 2. The van der Waals surface area contributed by atoms with Crippen LogP contribution in [0.2, 0.25) is 0 Å². The van der Waals surface area contributed by atoms with Crippen molar-refractivity contribution < 1.29 is 18.0 Å². The molecule has 4 heterocycles. The molecule has 0 aliphatic rings. The van der Waals surface area contributed by atoms with Gasteiger partial charge in [0.05, 0.1) is 17.1 Å². The number of nitrogens with zero attached hydrogens (tertiary/aromatic N) is 4. The number of amides is 1. The number of aromatic amines is 1. The molecule has 0 spiro atoms. The molecule has 0 unspecified atom stereocenters. The van der Waals surface area contributed by atoms with Gasteiger partial charge in [-0.1, -0.05) is 6.07 Å². The Kier molecular flexibility index (Phi) is 4.15. The summed E-state index contributed by atoms with van der Waals surface area (Å²) in [5.41, 5.74) is -0.321.